The fourth-order valence-electron chi connectivity index (χ4n) is 2.78. The third-order valence-electron chi connectivity index (χ3n) is 4.40. The summed E-state index contributed by atoms with van der Waals surface area (Å²) in [5.74, 6) is -0.111. The normalized spacial score (nSPS) is 10.4. The monoisotopic (exact) mass is 396 g/mol. The maximum atomic E-state index is 14.1. The zero-order chi connectivity index (χ0) is 20.8. The van der Waals surface area contributed by atoms with Gasteiger partial charge in [-0.15, -0.1) is 0 Å². The minimum atomic E-state index is -0.601. The molecule has 0 bridgehead atoms. The van der Waals surface area contributed by atoms with Gasteiger partial charge in [-0.1, -0.05) is 12.1 Å². The highest BCUT2D eigenvalue weighted by atomic mass is 19.1. The molecular formula is C22H21FN2O4. The van der Waals surface area contributed by atoms with Crippen LogP contribution in [0.1, 0.15) is 28.1 Å². The number of ether oxygens (including phenoxy) is 1. The van der Waals surface area contributed by atoms with Crippen LogP contribution in [-0.4, -0.2) is 18.9 Å². The van der Waals surface area contributed by atoms with Crippen molar-refractivity contribution >= 4 is 23.2 Å². The van der Waals surface area contributed by atoms with Crippen LogP contribution >= 0.6 is 0 Å². The number of rotatable bonds is 7. The standard InChI is InChI=1S/C22H21FN2O4/c1-14-18(11-12-29-14)22(27)25-20-13-16(6-9-19(20)23)24-21(26)10-5-15-3-7-17(28-2)8-4-15/h3-4,6-9,11-13H,5,10H2,1-2H3,(H,24,26)(H,25,27). The highest BCUT2D eigenvalue weighted by Gasteiger charge is 2.14. The van der Waals surface area contributed by atoms with Crippen molar-refractivity contribution in [3.05, 3.63) is 77.5 Å². The number of carbonyl (C=O) groups is 2. The number of aryl methyl sites for hydroxylation is 2. The van der Waals surface area contributed by atoms with Crippen molar-refractivity contribution in [1.82, 2.24) is 0 Å². The number of nitrogens with one attached hydrogen (secondary N) is 2. The fraction of sp³-hybridized carbons (Fsp3) is 0.182. The maximum Gasteiger partial charge on any atom is 0.259 e. The predicted octanol–water partition coefficient (Wildman–Crippen LogP) is 4.56. The Morgan fingerprint density at radius 2 is 1.83 bits per heavy atom. The van der Waals surface area contributed by atoms with Gasteiger partial charge in [0.05, 0.1) is 24.6 Å². The Labute approximate surface area is 167 Å². The molecule has 0 aliphatic rings. The Morgan fingerprint density at radius 1 is 1.07 bits per heavy atom. The van der Waals surface area contributed by atoms with Crippen LogP contribution in [0.4, 0.5) is 15.8 Å². The van der Waals surface area contributed by atoms with Gasteiger partial charge in [-0.05, 0) is 55.3 Å². The van der Waals surface area contributed by atoms with Crippen LogP contribution in [-0.2, 0) is 11.2 Å². The number of anilines is 2. The van der Waals surface area contributed by atoms with Gasteiger partial charge >= 0.3 is 0 Å². The van der Waals surface area contributed by atoms with Crippen molar-refractivity contribution in [3.63, 3.8) is 0 Å². The Kier molecular flexibility index (Phi) is 6.29. The quantitative estimate of drug-likeness (QED) is 0.614. The first-order chi connectivity index (χ1) is 14.0. The van der Waals surface area contributed by atoms with E-state index < -0.39 is 11.7 Å². The average Bonchev–Trinajstić information content (AvgIpc) is 3.15. The van der Waals surface area contributed by atoms with Gasteiger partial charge in [-0.25, -0.2) is 4.39 Å². The molecule has 0 aliphatic heterocycles. The number of halogens is 1. The van der Waals surface area contributed by atoms with E-state index in [0.717, 1.165) is 11.3 Å². The Morgan fingerprint density at radius 3 is 2.48 bits per heavy atom. The first-order valence-corrected chi connectivity index (χ1v) is 9.04. The summed E-state index contributed by atoms with van der Waals surface area (Å²) in [6.07, 6.45) is 2.21. The summed E-state index contributed by atoms with van der Waals surface area (Å²) in [7, 11) is 1.60. The van der Waals surface area contributed by atoms with Crippen molar-refractivity contribution in [3.8, 4) is 5.75 Å². The lowest BCUT2D eigenvalue weighted by atomic mass is 10.1. The Bertz CT molecular complexity index is 1010. The minimum absolute atomic E-state index is 0.0245. The average molecular weight is 396 g/mol. The van der Waals surface area contributed by atoms with Crippen molar-refractivity contribution in [1.29, 1.82) is 0 Å². The van der Waals surface area contributed by atoms with Crippen LogP contribution in [0.15, 0.2) is 59.2 Å². The van der Waals surface area contributed by atoms with Gasteiger partial charge in [0, 0.05) is 12.1 Å². The SMILES string of the molecule is COc1ccc(CCC(=O)Nc2ccc(F)c(NC(=O)c3ccoc3C)c2)cc1. The Balaban J connectivity index is 1.60. The molecule has 0 aliphatic carbocycles. The molecule has 0 unspecified atom stereocenters. The van der Waals surface area contributed by atoms with E-state index >= 15 is 0 Å². The minimum Gasteiger partial charge on any atom is -0.497 e. The number of amides is 2. The number of furan rings is 1. The van der Waals surface area contributed by atoms with Crippen LogP contribution in [0.25, 0.3) is 0 Å². The summed E-state index contributed by atoms with van der Waals surface area (Å²) in [4.78, 5) is 24.5. The van der Waals surface area contributed by atoms with E-state index in [1.807, 2.05) is 24.3 Å². The number of benzene rings is 2. The molecule has 7 heteroatoms. The lowest BCUT2D eigenvalue weighted by molar-refractivity contribution is -0.116. The second kappa shape index (κ2) is 9.05. The molecule has 3 rings (SSSR count). The van der Waals surface area contributed by atoms with Crippen LogP contribution in [0, 0.1) is 12.7 Å². The molecule has 3 aromatic rings. The predicted molar refractivity (Wildman–Crippen MR) is 108 cm³/mol. The third-order valence-corrected chi connectivity index (χ3v) is 4.40. The Hall–Kier alpha value is -3.61. The summed E-state index contributed by atoms with van der Waals surface area (Å²) in [5.41, 5.74) is 1.69. The molecule has 0 saturated heterocycles. The lowest BCUT2D eigenvalue weighted by Crippen LogP contribution is -2.15. The summed E-state index contributed by atoms with van der Waals surface area (Å²) in [5, 5.41) is 5.22. The van der Waals surface area contributed by atoms with Gasteiger partial charge in [0.25, 0.3) is 5.91 Å². The van der Waals surface area contributed by atoms with Crippen LogP contribution in [0.5, 0.6) is 5.75 Å². The summed E-state index contributed by atoms with van der Waals surface area (Å²) >= 11 is 0. The summed E-state index contributed by atoms with van der Waals surface area (Å²) < 4.78 is 24.3. The molecule has 1 aromatic heterocycles. The number of carbonyl (C=O) groups excluding carboxylic acids is 2. The lowest BCUT2D eigenvalue weighted by Gasteiger charge is -2.10. The van der Waals surface area contributed by atoms with Gasteiger partial charge in [0.15, 0.2) is 0 Å². The maximum absolute atomic E-state index is 14.1. The molecule has 6 nitrogen and oxygen atoms in total. The van der Waals surface area contributed by atoms with Crippen molar-refractivity contribution in [2.24, 2.45) is 0 Å². The van der Waals surface area contributed by atoms with E-state index in [1.54, 1.807) is 14.0 Å². The molecule has 0 spiro atoms. The van der Waals surface area contributed by atoms with Crippen molar-refractivity contribution in [2.75, 3.05) is 17.7 Å². The molecule has 29 heavy (non-hydrogen) atoms. The van der Waals surface area contributed by atoms with E-state index in [9.17, 15) is 14.0 Å². The van der Waals surface area contributed by atoms with Gasteiger partial charge in [-0.3, -0.25) is 9.59 Å². The van der Waals surface area contributed by atoms with Crippen molar-refractivity contribution in [2.45, 2.75) is 19.8 Å². The first kappa shape index (κ1) is 20.1. The van der Waals surface area contributed by atoms with E-state index in [2.05, 4.69) is 10.6 Å². The zero-order valence-corrected chi connectivity index (χ0v) is 16.1. The smallest absolute Gasteiger partial charge is 0.259 e. The van der Waals surface area contributed by atoms with E-state index in [4.69, 9.17) is 9.15 Å². The van der Waals surface area contributed by atoms with Crippen molar-refractivity contribution < 1.29 is 23.1 Å². The largest absolute Gasteiger partial charge is 0.497 e. The highest BCUT2D eigenvalue weighted by Crippen LogP contribution is 2.22. The topological polar surface area (TPSA) is 80.6 Å². The van der Waals surface area contributed by atoms with Gasteiger partial charge in [0.2, 0.25) is 5.91 Å². The second-order valence-corrected chi connectivity index (χ2v) is 6.44. The van der Waals surface area contributed by atoms with Crippen LogP contribution in [0.2, 0.25) is 0 Å². The zero-order valence-electron chi connectivity index (χ0n) is 16.1. The molecule has 1 heterocycles. The summed E-state index contributed by atoms with van der Waals surface area (Å²) in [6.45, 7) is 1.64. The molecular weight excluding hydrogens is 375 g/mol. The number of hydrogen-bond acceptors (Lipinski definition) is 4. The molecule has 0 fully saturated rings. The second-order valence-electron chi connectivity index (χ2n) is 6.44. The fourth-order valence-corrected chi connectivity index (χ4v) is 2.78. The van der Waals surface area contributed by atoms with E-state index in [0.29, 0.717) is 23.4 Å². The molecule has 0 saturated carbocycles. The number of hydrogen-bond donors (Lipinski definition) is 2. The first-order valence-electron chi connectivity index (χ1n) is 9.04. The molecule has 0 atom stereocenters. The van der Waals surface area contributed by atoms with E-state index in [1.165, 1.54) is 30.5 Å². The van der Waals surface area contributed by atoms with Gasteiger partial charge in [0.1, 0.15) is 17.3 Å². The molecule has 2 amide bonds. The van der Waals surface area contributed by atoms with Gasteiger partial charge in [-0.2, -0.15) is 0 Å². The molecule has 150 valence electrons. The van der Waals surface area contributed by atoms with Crippen LogP contribution < -0.4 is 15.4 Å². The molecule has 2 aromatic carbocycles. The van der Waals surface area contributed by atoms with Gasteiger partial charge < -0.3 is 19.8 Å². The van der Waals surface area contributed by atoms with E-state index in [-0.39, 0.29) is 18.0 Å². The third kappa shape index (κ3) is 5.22. The highest BCUT2D eigenvalue weighted by molar-refractivity contribution is 6.05. The number of methoxy groups -OCH3 is 1. The van der Waals surface area contributed by atoms with Crippen LogP contribution in [0.3, 0.4) is 0 Å². The summed E-state index contributed by atoms with van der Waals surface area (Å²) in [6, 6.07) is 13.0. The molecule has 0 radical (unpaired) electrons. The molecule has 2 N–H and O–H groups in total.